The third kappa shape index (κ3) is 4.32. The van der Waals surface area contributed by atoms with Gasteiger partial charge in [0.15, 0.2) is 0 Å². The summed E-state index contributed by atoms with van der Waals surface area (Å²) in [6, 6.07) is 9.08. The first-order chi connectivity index (χ1) is 9.22. The summed E-state index contributed by atoms with van der Waals surface area (Å²) >= 11 is 0. The van der Waals surface area contributed by atoms with Crippen LogP contribution in [-0.2, 0) is 7.05 Å². The molecule has 2 rings (SSSR count). The topological polar surface area (TPSA) is 141 Å². The van der Waals surface area contributed by atoms with Crippen molar-refractivity contribution in [2.75, 3.05) is 13.2 Å². The zero-order chi connectivity index (χ0) is 14.3. The molecule has 0 aliphatic rings. The number of fused-ring (bicyclic) bond motifs is 1. The summed E-state index contributed by atoms with van der Waals surface area (Å²) < 4.78 is 7.18. The Labute approximate surface area is 117 Å². The van der Waals surface area contributed by atoms with Crippen LogP contribution >= 0.6 is 0 Å². The van der Waals surface area contributed by atoms with Crippen LogP contribution in [0.1, 0.15) is 6.42 Å². The van der Waals surface area contributed by atoms with Crippen LogP contribution in [0.15, 0.2) is 35.1 Å². The number of nitrogens with zero attached hydrogens (tertiary/aromatic N) is 1. The van der Waals surface area contributed by atoms with E-state index in [0.29, 0.717) is 13.2 Å². The Bertz CT molecular complexity index is 583. The number of hydrogen-bond acceptors (Lipinski definition) is 5. The fourth-order valence-electron chi connectivity index (χ4n) is 1.73. The first kappa shape index (κ1) is 18.1. The predicted octanol–water partition coefficient (Wildman–Crippen LogP) is -0.740. The molecular formula is C13H22N4O3. The molecular weight excluding hydrogens is 260 g/mol. The van der Waals surface area contributed by atoms with Gasteiger partial charge >= 0.3 is 0 Å². The number of aromatic nitrogens is 1. The Hall–Kier alpha value is -1.93. The molecule has 0 unspecified atom stereocenters. The molecule has 7 nitrogen and oxygen atoms in total. The molecule has 2 aromatic rings. The van der Waals surface area contributed by atoms with Gasteiger partial charge in [-0.05, 0) is 37.2 Å². The molecule has 1 heterocycles. The summed E-state index contributed by atoms with van der Waals surface area (Å²) in [5.41, 5.74) is 6.30. The summed E-state index contributed by atoms with van der Waals surface area (Å²) in [6.45, 7) is 1.25. The Kier molecular flexibility index (Phi) is 8.18. The normalized spacial score (nSPS) is 9.40. The Morgan fingerprint density at radius 2 is 1.90 bits per heavy atom. The molecule has 0 aliphatic heterocycles. The van der Waals surface area contributed by atoms with Crippen LogP contribution in [0.25, 0.3) is 10.9 Å². The van der Waals surface area contributed by atoms with Crippen LogP contribution in [0.5, 0.6) is 5.75 Å². The number of aryl methyl sites for hydroxylation is 1. The molecule has 1 aromatic heterocycles. The Morgan fingerprint density at radius 3 is 2.55 bits per heavy atom. The molecule has 0 radical (unpaired) electrons. The molecule has 7 heteroatoms. The zero-order valence-electron chi connectivity index (χ0n) is 11.5. The van der Waals surface area contributed by atoms with Crippen molar-refractivity contribution in [2.45, 2.75) is 6.42 Å². The fourth-order valence-corrected chi connectivity index (χ4v) is 1.73. The average Bonchev–Trinajstić information content (AvgIpc) is 2.45. The third-order valence-electron chi connectivity index (χ3n) is 2.71. The highest BCUT2D eigenvalue weighted by molar-refractivity contribution is 5.80. The second kappa shape index (κ2) is 9.05. The van der Waals surface area contributed by atoms with Crippen molar-refractivity contribution in [2.24, 2.45) is 24.5 Å². The van der Waals surface area contributed by atoms with E-state index < -0.39 is 0 Å². The molecule has 8 N–H and O–H groups in total. The van der Waals surface area contributed by atoms with Crippen molar-refractivity contribution in [3.63, 3.8) is 0 Å². The van der Waals surface area contributed by atoms with Gasteiger partial charge in [0.05, 0.1) is 12.1 Å². The molecule has 0 saturated carbocycles. The molecule has 1 aromatic carbocycles. The van der Waals surface area contributed by atoms with Gasteiger partial charge in [-0.2, -0.15) is 0 Å². The van der Waals surface area contributed by atoms with Gasteiger partial charge in [0.2, 0.25) is 0 Å². The number of nitrogens with two attached hydrogens (primary N) is 3. The third-order valence-corrected chi connectivity index (χ3v) is 2.71. The van der Waals surface area contributed by atoms with E-state index in [9.17, 15) is 4.79 Å². The summed E-state index contributed by atoms with van der Waals surface area (Å²) in [4.78, 5) is 11.4. The minimum Gasteiger partial charge on any atom is -0.494 e. The second-order valence-corrected chi connectivity index (χ2v) is 3.94. The van der Waals surface area contributed by atoms with E-state index in [1.807, 2.05) is 24.3 Å². The summed E-state index contributed by atoms with van der Waals surface area (Å²) in [5.74, 6) is 8.81. The van der Waals surface area contributed by atoms with E-state index in [1.54, 1.807) is 17.7 Å². The van der Waals surface area contributed by atoms with Crippen molar-refractivity contribution in [1.82, 2.24) is 4.57 Å². The lowest BCUT2D eigenvalue weighted by molar-refractivity contribution is 0.314. The van der Waals surface area contributed by atoms with E-state index >= 15 is 0 Å². The van der Waals surface area contributed by atoms with Gasteiger partial charge in [0.25, 0.3) is 5.56 Å². The van der Waals surface area contributed by atoms with Crippen LogP contribution < -0.4 is 27.7 Å². The van der Waals surface area contributed by atoms with Crippen LogP contribution in [0.2, 0.25) is 0 Å². The molecule has 0 atom stereocenters. The predicted molar refractivity (Wildman–Crippen MR) is 80.3 cm³/mol. The van der Waals surface area contributed by atoms with E-state index in [4.69, 9.17) is 10.5 Å². The molecule has 0 fully saturated rings. The Balaban J connectivity index is 0.00000115. The lowest BCUT2D eigenvalue weighted by Gasteiger charge is -2.08. The van der Waals surface area contributed by atoms with Gasteiger partial charge in [0.1, 0.15) is 5.75 Å². The lowest BCUT2D eigenvalue weighted by atomic mass is 10.2. The monoisotopic (exact) mass is 282 g/mol. The highest BCUT2D eigenvalue weighted by Gasteiger charge is 2.01. The lowest BCUT2D eigenvalue weighted by Crippen LogP contribution is -2.14. The highest BCUT2D eigenvalue weighted by Crippen LogP contribution is 2.19. The first-order valence-corrected chi connectivity index (χ1v) is 5.98. The smallest absolute Gasteiger partial charge is 0.250 e. The zero-order valence-corrected chi connectivity index (χ0v) is 11.5. The minimum atomic E-state index is -0.00528. The van der Waals surface area contributed by atoms with Crippen LogP contribution in [0.4, 0.5) is 0 Å². The maximum Gasteiger partial charge on any atom is 0.250 e. The van der Waals surface area contributed by atoms with Gasteiger partial charge in [-0.15, -0.1) is 0 Å². The molecule has 20 heavy (non-hydrogen) atoms. The number of rotatable bonds is 4. The van der Waals surface area contributed by atoms with Gasteiger partial charge in [-0.3, -0.25) is 16.5 Å². The largest absolute Gasteiger partial charge is 0.494 e. The van der Waals surface area contributed by atoms with Crippen LogP contribution in [0, 0.1) is 0 Å². The maximum absolute atomic E-state index is 11.4. The number of ether oxygens (including phenoxy) is 1. The van der Waals surface area contributed by atoms with E-state index in [0.717, 1.165) is 23.1 Å². The van der Waals surface area contributed by atoms with E-state index in [-0.39, 0.29) is 11.0 Å². The van der Waals surface area contributed by atoms with Crippen molar-refractivity contribution < 1.29 is 10.2 Å². The number of hydrogen-bond donors (Lipinski definition) is 3. The number of benzene rings is 1. The quantitative estimate of drug-likeness (QED) is 0.385. The van der Waals surface area contributed by atoms with Crippen molar-refractivity contribution in [3.05, 3.63) is 40.7 Å². The van der Waals surface area contributed by atoms with Crippen molar-refractivity contribution in [3.8, 4) is 5.75 Å². The van der Waals surface area contributed by atoms with Crippen molar-refractivity contribution in [1.29, 1.82) is 0 Å². The maximum atomic E-state index is 11.4. The van der Waals surface area contributed by atoms with Gasteiger partial charge in [0, 0.05) is 18.5 Å². The van der Waals surface area contributed by atoms with Gasteiger partial charge < -0.3 is 20.5 Å². The molecule has 0 amide bonds. The van der Waals surface area contributed by atoms with Crippen LogP contribution in [-0.4, -0.2) is 23.2 Å². The molecule has 0 bridgehead atoms. The summed E-state index contributed by atoms with van der Waals surface area (Å²) in [5, 5.41) is 0.998. The highest BCUT2D eigenvalue weighted by atomic mass is 16.5. The van der Waals surface area contributed by atoms with E-state index in [1.165, 1.54) is 0 Å². The summed E-state index contributed by atoms with van der Waals surface area (Å²) in [7, 11) is 1.76. The van der Waals surface area contributed by atoms with Crippen LogP contribution in [0.3, 0.4) is 0 Å². The second-order valence-electron chi connectivity index (χ2n) is 3.94. The van der Waals surface area contributed by atoms with Crippen molar-refractivity contribution >= 4 is 10.9 Å². The number of hydrazine groups is 1. The summed E-state index contributed by atoms with van der Waals surface area (Å²) in [6.07, 6.45) is 0.839. The molecule has 0 saturated heterocycles. The van der Waals surface area contributed by atoms with E-state index in [2.05, 4.69) is 11.7 Å². The Morgan fingerprint density at radius 1 is 1.20 bits per heavy atom. The van der Waals surface area contributed by atoms with Gasteiger partial charge in [-0.1, -0.05) is 0 Å². The average molecular weight is 282 g/mol. The SMILES string of the molecule is Cn1c(=O)ccc2cc(OCCCN)ccc21.NN.O. The fraction of sp³-hybridized carbons (Fsp3) is 0.308. The minimum absolute atomic E-state index is 0. The standard InChI is InChI=1S/C13H16N2O2.H4N2.H2O/c1-15-12-5-4-11(17-8-2-7-14)9-10(12)3-6-13(15)16;1-2;/h3-6,9H,2,7-8,14H2,1H3;1-2H2;1H2. The number of pyridine rings is 1. The van der Waals surface area contributed by atoms with Gasteiger partial charge in [-0.25, -0.2) is 0 Å². The first-order valence-electron chi connectivity index (χ1n) is 5.98. The molecule has 0 aliphatic carbocycles. The molecule has 0 spiro atoms. The molecule has 112 valence electrons.